The summed E-state index contributed by atoms with van der Waals surface area (Å²) in [6, 6.07) is 3.63. The highest BCUT2D eigenvalue weighted by Crippen LogP contribution is 2.31. The zero-order valence-corrected chi connectivity index (χ0v) is 13.2. The van der Waals surface area contributed by atoms with Crippen molar-refractivity contribution in [3.63, 3.8) is 0 Å². The summed E-state index contributed by atoms with van der Waals surface area (Å²) in [5.41, 5.74) is -0.256. The first kappa shape index (κ1) is 15.0. The third-order valence-corrected chi connectivity index (χ3v) is 6.89. The van der Waals surface area contributed by atoms with Crippen molar-refractivity contribution in [1.82, 2.24) is 10.0 Å². The summed E-state index contributed by atoms with van der Waals surface area (Å²) >= 11 is 1.37. The average Bonchev–Trinajstić information content (AvgIpc) is 2.95. The number of sulfonamides is 1. The van der Waals surface area contributed by atoms with Crippen LogP contribution in [-0.2, 0) is 16.4 Å². The summed E-state index contributed by atoms with van der Waals surface area (Å²) in [6.45, 7) is 2.87. The van der Waals surface area contributed by atoms with E-state index in [0.29, 0.717) is 4.21 Å². The van der Waals surface area contributed by atoms with E-state index in [-0.39, 0.29) is 5.54 Å². The molecule has 0 bridgehead atoms. The maximum atomic E-state index is 12.4. The van der Waals surface area contributed by atoms with Crippen LogP contribution in [0.2, 0.25) is 0 Å². The van der Waals surface area contributed by atoms with Crippen LogP contribution in [-0.4, -0.2) is 27.5 Å². The molecule has 0 radical (unpaired) electrons. The Morgan fingerprint density at radius 3 is 2.63 bits per heavy atom. The third kappa shape index (κ3) is 3.78. The number of nitrogens with one attached hydrogen (secondary N) is 2. The third-order valence-electron chi connectivity index (χ3n) is 3.61. The van der Waals surface area contributed by atoms with Gasteiger partial charge >= 0.3 is 0 Å². The lowest BCUT2D eigenvalue weighted by molar-refractivity contribution is 0.428. The molecule has 6 heteroatoms. The van der Waals surface area contributed by atoms with Crippen molar-refractivity contribution in [3.8, 4) is 0 Å². The quantitative estimate of drug-likeness (QED) is 0.846. The van der Waals surface area contributed by atoms with E-state index in [1.54, 1.807) is 6.07 Å². The van der Waals surface area contributed by atoms with Gasteiger partial charge in [-0.3, -0.25) is 0 Å². The van der Waals surface area contributed by atoms with Gasteiger partial charge < -0.3 is 5.32 Å². The van der Waals surface area contributed by atoms with E-state index in [0.717, 1.165) is 43.5 Å². The van der Waals surface area contributed by atoms with Crippen LogP contribution in [0.25, 0.3) is 0 Å². The maximum Gasteiger partial charge on any atom is 0.250 e. The summed E-state index contributed by atoms with van der Waals surface area (Å²) in [7, 11) is -1.46. The Morgan fingerprint density at radius 1 is 1.32 bits per heavy atom. The molecule has 0 atom stereocenters. The molecule has 1 aromatic rings. The molecule has 0 aliphatic heterocycles. The summed E-state index contributed by atoms with van der Waals surface area (Å²) in [6.07, 6.45) is 4.95. The Labute approximate surface area is 119 Å². The fourth-order valence-corrected chi connectivity index (χ4v) is 5.34. The van der Waals surface area contributed by atoms with Crippen LogP contribution >= 0.6 is 11.3 Å². The minimum absolute atomic E-state index is 0.256. The monoisotopic (exact) mass is 302 g/mol. The van der Waals surface area contributed by atoms with Gasteiger partial charge in [-0.15, -0.1) is 11.3 Å². The zero-order valence-electron chi connectivity index (χ0n) is 11.5. The molecule has 19 heavy (non-hydrogen) atoms. The van der Waals surface area contributed by atoms with E-state index in [1.807, 2.05) is 20.0 Å². The van der Waals surface area contributed by atoms with Gasteiger partial charge in [-0.05, 0) is 51.9 Å². The van der Waals surface area contributed by atoms with Gasteiger partial charge in [0.2, 0.25) is 0 Å². The molecular formula is C13H22N2O2S2. The Balaban J connectivity index is 2.08. The Kier molecular flexibility index (Phi) is 4.66. The number of likely N-dealkylation sites (N-methyl/N-ethyl adjacent to an activating group) is 1. The summed E-state index contributed by atoms with van der Waals surface area (Å²) in [5.74, 6) is 0. The van der Waals surface area contributed by atoms with E-state index in [1.165, 1.54) is 11.3 Å². The molecule has 4 nitrogen and oxygen atoms in total. The van der Waals surface area contributed by atoms with E-state index >= 15 is 0 Å². The van der Waals surface area contributed by atoms with Crippen LogP contribution in [0.5, 0.6) is 0 Å². The predicted octanol–water partition coefficient (Wildman–Crippen LogP) is 2.12. The van der Waals surface area contributed by atoms with Crippen molar-refractivity contribution < 1.29 is 8.42 Å². The summed E-state index contributed by atoms with van der Waals surface area (Å²) < 4.78 is 28.0. The van der Waals surface area contributed by atoms with Crippen LogP contribution in [0.3, 0.4) is 0 Å². The highest BCUT2D eigenvalue weighted by atomic mass is 32.2. The second-order valence-corrected chi connectivity index (χ2v) is 8.53. The molecule has 1 fully saturated rings. The Hall–Kier alpha value is -0.430. The second kappa shape index (κ2) is 5.91. The first-order valence-corrected chi connectivity index (χ1v) is 9.02. The maximum absolute atomic E-state index is 12.4. The molecule has 1 saturated carbocycles. The Bertz CT molecular complexity index is 517. The summed E-state index contributed by atoms with van der Waals surface area (Å²) in [4.78, 5) is 1.10. The van der Waals surface area contributed by atoms with Crippen molar-refractivity contribution in [1.29, 1.82) is 0 Å². The SMILES string of the molecule is CNCCc1ccc(S(=O)(=O)NC2(C)CCCC2)s1. The van der Waals surface area contributed by atoms with Gasteiger partial charge in [0, 0.05) is 10.4 Å². The number of rotatable bonds is 6. The molecule has 0 aromatic carbocycles. The van der Waals surface area contributed by atoms with E-state index in [4.69, 9.17) is 0 Å². The lowest BCUT2D eigenvalue weighted by Crippen LogP contribution is -2.43. The molecule has 0 unspecified atom stereocenters. The normalized spacial score (nSPS) is 18.8. The molecule has 2 N–H and O–H groups in total. The topological polar surface area (TPSA) is 58.2 Å². The molecule has 0 amide bonds. The highest BCUT2D eigenvalue weighted by molar-refractivity contribution is 7.91. The first-order valence-electron chi connectivity index (χ1n) is 6.72. The molecule has 108 valence electrons. The second-order valence-electron chi connectivity index (χ2n) is 5.45. The minimum Gasteiger partial charge on any atom is -0.319 e. The highest BCUT2D eigenvalue weighted by Gasteiger charge is 2.34. The van der Waals surface area contributed by atoms with Gasteiger partial charge in [0.05, 0.1) is 0 Å². The van der Waals surface area contributed by atoms with Crippen molar-refractivity contribution >= 4 is 21.4 Å². The lowest BCUT2D eigenvalue weighted by Gasteiger charge is -2.24. The van der Waals surface area contributed by atoms with E-state index in [2.05, 4.69) is 10.0 Å². The summed E-state index contributed by atoms with van der Waals surface area (Å²) in [5, 5.41) is 3.07. The van der Waals surface area contributed by atoms with Gasteiger partial charge in [-0.1, -0.05) is 12.8 Å². The van der Waals surface area contributed by atoms with Crippen LogP contribution in [0, 0.1) is 0 Å². The van der Waals surface area contributed by atoms with Crippen molar-refractivity contribution in [2.24, 2.45) is 0 Å². The largest absolute Gasteiger partial charge is 0.319 e. The zero-order chi connectivity index (χ0) is 13.9. The lowest BCUT2D eigenvalue weighted by atomic mass is 10.0. The van der Waals surface area contributed by atoms with Gasteiger partial charge in [0.1, 0.15) is 4.21 Å². The number of hydrogen-bond acceptors (Lipinski definition) is 4. The van der Waals surface area contributed by atoms with E-state index in [9.17, 15) is 8.42 Å². The van der Waals surface area contributed by atoms with Gasteiger partial charge in [0.25, 0.3) is 10.0 Å². The van der Waals surface area contributed by atoms with Crippen LogP contribution in [0.15, 0.2) is 16.3 Å². The van der Waals surface area contributed by atoms with Gasteiger partial charge in [0.15, 0.2) is 0 Å². The fourth-order valence-electron chi connectivity index (χ4n) is 2.52. The number of thiophene rings is 1. The van der Waals surface area contributed by atoms with Gasteiger partial charge in [-0.25, -0.2) is 13.1 Å². The predicted molar refractivity (Wildman–Crippen MR) is 79.1 cm³/mol. The standard InChI is InChI=1S/C13H22N2O2S2/c1-13(8-3-4-9-13)15-19(16,17)12-6-5-11(18-12)7-10-14-2/h5-6,14-15H,3-4,7-10H2,1-2H3. The molecule has 1 heterocycles. The molecule has 1 aromatic heterocycles. The van der Waals surface area contributed by atoms with Gasteiger partial charge in [-0.2, -0.15) is 0 Å². The Morgan fingerprint density at radius 2 is 2.00 bits per heavy atom. The van der Waals surface area contributed by atoms with Crippen LogP contribution in [0.1, 0.15) is 37.5 Å². The molecule has 1 aliphatic rings. The molecule has 1 aliphatic carbocycles. The fraction of sp³-hybridized carbons (Fsp3) is 0.692. The molecule has 2 rings (SSSR count). The smallest absolute Gasteiger partial charge is 0.250 e. The molecule has 0 spiro atoms. The van der Waals surface area contributed by atoms with Crippen molar-refractivity contribution in [2.75, 3.05) is 13.6 Å². The average molecular weight is 302 g/mol. The van der Waals surface area contributed by atoms with Crippen LogP contribution < -0.4 is 10.0 Å². The minimum atomic E-state index is -3.36. The van der Waals surface area contributed by atoms with Crippen molar-refractivity contribution in [3.05, 3.63) is 17.0 Å². The first-order chi connectivity index (χ1) is 8.95. The molecule has 0 saturated heterocycles. The van der Waals surface area contributed by atoms with E-state index < -0.39 is 10.0 Å². The molecular weight excluding hydrogens is 280 g/mol. The number of hydrogen-bond donors (Lipinski definition) is 2. The van der Waals surface area contributed by atoms with Crippen molar-refractivity contribution in [2.45, 2.75) is 48.8 Å². The van der Waals surface area contributed by atoms with Crippen LogP contribution in [0.4, 0.5) is 0 Å².